The van der Waals surface area contributed by atoms with Gasteiger partial charge in [0.2, 0.25) is 0 Å². The van der Waals surface area contributed by atoms with Crippen LogP contribution in [-0.4, -0.2) is 0 Å². The maximum atomic E-state index is 13.2. The molecule has 0 radical (unpaired) electrons. The summed E-state index contributed by atoms with van der Waals surface area (Å²) in [6.07, 6.45) is 0.990. The number of hydrogen-bond donors (Lipinski definition) is 0. The van der Waals surface area contributed by atoms with Crippen molar-refractivity contribution < 1.29 is 18.3 Å². The quantitative estimate of drug-likeness (QED) is 0.487. The van der Waals surface area contributed by atoms with Crippen molar-refractivity contribution >= 4 is 11.6 Å². The van der Waals surface area contributed by atoms with Crippen molar-refractivity contribution in [2.45, 2.75) is 20.0 Å². The molecule has 0 aromatic heterocycles. The van der Waals surface area contributed by atoms with Crippen molar-refractivity contribution in [3.63, 3.8) is 0 Å². The second kappa shape index (κ2) is 8.19. The highest BCUT2D eigenvalue weighted by atomic mass is 35.5. The number of benzene rings is 3. The lowest BCUT2D eigenvalue weighted by atomic mass is 10.1. The fourth-order valence-corrected chi connectivity index (χ4v) is 2.64. The molecule has 26 heavy (non-hydrogen) atoms. The Balaban J connectivity index is 1.66. The first-order valence-corrected chi connectivity index (χ1v) is 8.55. The van der Waals surface area contributed by atoms with Crippen LogP contribution in [0.25, 0.3) is 0 Å². The molecule has 0 atom stereocenters. The van der Waals surface area contributed by atoms with Gasteiger partial charge in [-0.2, -0.15) is 0 Å². The van der Waals surface area contributed by atoms with Gasteiger partial charge in [0, 0.05) is 24.3 Å². The Morgan fingerprint density at radius 1 is 0.808 bits per heavy atom. The molecule has 0 aliphatic carbocycles. The largest absolute Gasteiger partial charge is 0.487 e. The SMILES string of the molecule is CCc1ccc(COc2ccc(Oc3cc(F)cc(F)c3)cc2Cl)cc1. The smallest absolute Gasteiger partial charge is 0.138 e. The maximum Gasteiger partial charge on any atom is 0.138 e. The minimum atomic E-state index is -0.708. The molecule has 0 bridgehead atoms. The highest BCUT2D eigenvalue weighted by molar-refractivity contribution is 6.32. The topological polar surface area (TPSA) is 18.5 Å². The van der Waals surface area contributed by atoms with Gasteiger partial charge >= 0.3 is 0 Å². The third-order valence-electron chi connectivity index (χ3n) is 3.80. The van der Waals surface area contributed by atoms with E-state index in [1.807, 2.05) is 12.1 Å². The highest BCUT2D eigenvalue weighted by Gasteiger charge is 2.07. The molecule has 0 saturated heterocycles. The molecule has 0 amide bonds. The van der Waals surface area contributed by atoms with Crippen molar-refractivity contribution in [2.75, 3.05) is 0 Å². The summed E-state index contributed by atoms with van der Waals surface area (Å²) in [5.41, 5.74) is 2.30. The third kappa shape index (κ3) is 4.73. The van der Waals surface area contributed by atoms with Crippen molar-refractivity contribution in [3.05, 3.63) is 88.4 Å². The number of aryl methyl sites for hydroxylation is 1. The van der Waals surface area contributed by atoms with Crippen LogP contribution in [-0.2, 0) is 13.0 Å². The van der Waals surface area contributed by atoms with Gasteiger partial charge in [0.05, 0.1) is 5.02 Å². The molecule has 0 aliphatic heterocycles. The number of rotatable bonds is 6. The lowest BCUT2D eigenvalue weighted by Gasteiger charge is -2.11. The van der Waals surface area contributed by atoms with Crippen LogP contribution in [0.2, 0.25) is 5.02 Å². The molecule has 0 unspecified atom stereocenters. The minimum Gasteiger partial charge on any atom is -0.487 e. The van der Waals surface area contributed by atoms with Gasteiger partial charge < -0.3 is 9.47 Å². The minimum absolute atomic E-state index is 0.0586. The van der Waals surface area contributed by atoms with E-state index in [1.54, 1.807) is 18.2 Å². The first kappa shape index (κ1) is 18.2. The fraction of sp³-hybridized carbons (Fsp3) is 0.143. The van der Waals surface area contributed by atoms with Gasteiger partial charge in [0.15, 0.2) is 0 Å². The van der Waals surface area contributed by atoms with Gasteiger partial charge in [-0.15, -0.1) is 0 Å². The van der Waals surface area contributed by atoms with E-state index in [2.05, 4.69) is 19.1 Å². The van der Waals surface area contributed by atoms with Crippen LogP contribution < -0.4 is 9.47 Å². The molecular formula is C21H17ClF2O2. The Morgan fingerprint density at radius 3 is 2.08 bits per heavy atom. The molecular weight excluding hydrogens is 358 g/mol. The summed E-state index contributed by atoms with van der Waals surface area (Å²) >= 11 is 6.22. The monoisotopic (exact) mass is 374 g/mol. The Kier molecular flexibility index (Phi) is 5.74. The Hall–Kier alpha value is -2.59. The molecule has 2 nitrogen and oxygen atoms in total. The average molecular weight is 375 g/mol. The predicted molar refractivity (Wildman–Crippen MR) is 98.0 cm³/mol. The summed E-state index contributed by atoms with van der Waals surface area (Å²) in [5.74, 6) is -0.493. The molecule has 0 N–H and O–H groups in total. The molecule has 0 spiro atoms. The summed E-state index contributed by atoms with van der Waals surface area (Å²) < 4.78 is 37.6. The Morgan fingerprint density at radius 2 is 1.46 bits per heavy atom. The van der Waals surface area contributed by atoms with E-state index < -0.39 is 11.6 Å². The summed E-state index contributed by atoms with van der Waals surface area (Å²) in [6.45, 7) is 2.49. The van der Waals surface area contributed by atoms with Gasteiger partial charge in [0.25, 0.3) is 0 Å². The number of halogens is 3. The Labute approximate surface area is 156 Å². The number of ether oxygens (including phenoxy) is 2. The van der Waals surface area contributed by atoms with E-state index >= 15 is 0 Å². The van der Waals surface area contributed by atoms with Gasteiger partial charge in [-0.25, -0.2) is 8.78 Å². The summed E-state index contributed by atoms with van der Waals surface area (Å²) in [4.78, 5) is 0. The zero-order valence-electron chi connectivity index (χ0n) is 14.1. The van der Waals surface area contributed by atoms with E-state index in [9.17, 15) is 8.78 Å². The van der Waals surface area contributed by atoms with Crippen LogP contribution in [0.4, 0.5) is 8.78 Å². The van der Waals surface area contributed by atoms with Crippen LogP contribution in [0.15, 0.2) is 60.7 Å². The van der Waals surface area contributed by atoms with Gasteiger partial charge in [0.1, 0.15) is 35.5 Å². The predicted octanol–water partition coefficient (Wildman–Crippen LogP) is 6.55. The van der Waals surface area contributed by atoms with Crippen molar-refractivity contribution in [1.82, 2.24) is 0 Å². The van der Waals surface area contributed by atoms with Gasteiger partial charge in [-0.1, -0.05) is 42.8 Å². The summed E-state index contributed by atoms with van der Waals surface area (Å²) in [7, 11) is 0. The zero-order chi connectivity index (χ0) is 18.5. The zero-order valence-corrected chi connectivity index (χ0v) is 14.9. The summed E-state index contributed by atoms with van der Waals surface area (Å²) in [5, 5.41) is 0.351. The fourth-order valence-electron chi connectivity index (χ4n) is 2.42. The average Bonchev–Trinajstić information content (AvgIpc) is 2.60. The van der Waals surface area contributed by atoms with Crippen LogP contribution in [0.1, 0.15) is 18.1 Å². The van der Waals surface area contributed by atoms with Crippen LogP contribution >= 0.6 is 11.6 Å². The van der Waals surface area contributed by atoms with E-state index in [0.29, 0.717) is 23.1 Å². The molecule has 3 rings (SSSR count). The van der Waals surface area contributed by atoms with Crippen molar-refractivity contribution in [2.24, 2.45) is 0 Å². The molecule has 0 saturated carbocycles. The van der Waals surface area contributed by atoms with E-state index in [1.165, 1.54) is 5.56 Å². The molecule has 5 heteroatoms. The summed E-state index contributed by atoms with van der Waals surface area (Å²) in [6, 6.07) is 16.0. The first-order chi connectivity index (χ1) is 12.5. The molecule has 3 aromatic carbocycles. The van der Waals surface area contributed by atoms with Crippen LogP contribution in [0.5, 0.6) is 17.2 Å². The second-order valence-corrected chi connectivity index (χ2v) is 6.17. The van der Waals surface area contributed by atoms with Crippen molar-refractivity contribution in [3.8, 4) is 17.2 Å². The lowest BCUT2D eigenvalue weighted by Crippen LogP contribution is -1.96. The third-order valence-corrected chi connectivity index (χ3v) is 4.10. The second-order valence-electron chi connectivity index (χ2n) is 5.76. The molecule has 0 aliphatic rings. The normalized spacial score (nSPS) is 10.6. The van der Waals surface area contributed by atoms with Crippen LogP contribution in [0.3, 0.4) is 0 Å². The maximum absolute atomic E-state index is 13.2. The van der Waals surface area contributed by atoms with E-state index in [4.69, 9.17) is 21.1 Å². The first-order valence-electron chi connectivity index (χ1n) is 8.17. The van der Waals surface area contributed by atoms with Gasteiger partial charge in [-0.3, -0.25) is 0 Å². The lowest BCUT2D eigenvalue weighted by molar-refractivity contribution is 0.306. The van der Waals surface area contributed by atoms with Crippen LogP contribution in [0, 0.1) is 11.6 Å². The van der Waals surface area contributed by atoms with Crippen molar-refractivity contribution in [1.29, 1.82) is 0 Å². The Bertz CT molecular complexity index is 875. The number of hydrogen-bond acceptors (Lipinski definition) is 2. The van der Waals surface area contributed by atoms with E-state index in [-0.39, 0.29) is 5.75 Å². The standard InChI is InChI=1S/C21H17ClF2O2/c1-2-14-3-5-15(6-4-14)13-25-21-8-7-18(12-20(21)22)26-19-10-16(23)9-17(24)11-19/h3-12H,2,13H2,1H3. The van der Waals surface area contributed by atoms with E-state index in [0.717, 1.165) is 30.2 Å². The van der Waals surface area contributed by atoms with Gasteiger partial charge in [-0.05, 0) is 29.7 Å². The highest BCUT2D eigenvalue weighted by Crippen LogP contribution is 2.32. The molecule has 134 valence electrons. The molecule has 0 fully saturated rings. The molecule has 3 aromatic rings. The molecule has 0 heterocycles.